The molecule has 0 fully saturated rings. The van der Waals surface area contributed by atoms with Gasteiger partial charge < -0.3 is 15.4 Å². The van der Waals surface area contributed by atoms with Crippen molar-refractivity contribution >= 4 is 17.9 Å². The van der Waals surface area contributed by atoms with E-state index < -0.39 is 0 Å². The van der Waals surface area contributed by atoms with Crippen molar-refractivity contribution < 1.29 is 14.3 Å². The molecular weight excluding hydrogens is 364 g/mol. The molecule has 0 aromatic heterocycles. The lowest BCUT2D eigenvalue weighted by Gasteiger charge is -2.11. The molecule has 146 valence electrons. The Labute approximate surface area is 170 Å². The highest BCUT2D eigenvalue weighted by molar-refractivity contribution is 6.05. The van der Waals surface area contributed by atoms with Crippen LogP contribution in [0, 0.1) is 0 Å². The van der Waals surface area contributed by atoms with Crippen molar-refractivity contribution in [2.75, 3.05) is 7.11 Å². The van der Waals surface area contributed by atoms with E-state index in [2.05, 4.69) is 10.6 Å². The zero-order chi connectivity index (χ0) is 20.5. The number of carbonyl (C=O) groups is 2. The molecule has 2 N–H and O–H groups in total. The van der Waals surface area contributed by atoms with E-state index in [1.165, 1.54) is 0 Å². The van der Waals surface area contributed by atoms with Crippen LogP contribution in [0.15, 0.2) is 90.6 Å². The summed E-state index contributed by atoms with van der Waals surface area (Å²) in [7, 11) is 1.59. The van der Waals surface area contributed by atoms with Crippen molar-refractivity contribution in [2.24, 2.45) is 0 Å². The van der Waals surface area contributed by atoms with E-state index in [0.29, 0.717) is 17.9 Å². The van der Waals surface area contributed by atoms with E-state index in [-0.39, 0.29) is 17.5 Å². The van der Waals surface area contributed by atoms with Crippen LogP contribution in [-0.2, 0) is 11.3 Å². The highest BCUT2D eigenvalue weighted by Crippen LogP contribution is 2.14. The first-order valence-corrected chi connectivity index (χ1v) is 9.20. The molecule has 3 aromatic carbocycles. The van der Waals surface area contributed by atoms with Crippen molar-refractivity contribution in [3.63, 3.8) is 0 Å². The van der Waals surface area contributed by atoms with Crippen LogP contribution >= 0.6 is 0 Å². The largest absolute Gasteiger partial charge is 0.497 e. The zero-order valence-electron chi connectivity index (χ0n) is 16.1. The maximum Gasteiger partial charge on any atom is 0.268 e. The molecule has 0 spiro atoms. The SMILES string of the molecule is COc1ccc(/C=C(\NC(=O)c2ccccc2)C(=O)NCc2ccccc2)cc1. The number of hydrogen-bond acceptors (Lipinski definition) is 3. The van der Waals surface area contributed by atoms with E-state index in [1.807, 2.05) is 48.5 Å². The Morgan fingerprint density at radius 3 is 2.10 bits per heavy atom. The Kier molecular flexibility index (Phi) is 6.79. The normalized spacial score (nSPS) is 10.9. The van der Waals surface area contributed by atoms with Crippen LogP contribution in [0.4, 0.5) is 0 Å². The minimum Gasteiger partial charge on any atom is -0.497 e. The predicted octanol–water partition coefficient (Wildman–Crippen LogP) is 3.78. The van der Waals surface area contributed by atoms with Gasteiger partial charge in [-0.15, -0.1) is 0 Å². The fourth-order valence-electron chi connectivity index (χ4n) is 2.68. The minimum atomic E-state index is -0.367. The van der Waals surface area contributed by atoms with Crippen LogP contribution in [0.25, 0.3) is 6.08 Å². The average Bonchev–Trinajstić information content (AvgIpc) is 2.78. The Morgan fingerprint density at radius 2 is 1.48 bits per heavy atom. The number of carbonyl (C=O) groups excluding carboxylic acids is 2. The first-order valence-electron chi connectivity index (χ1n) is 9.20. The molecule has 0 aliphatic heterocycles. The zero-order valence-corrected chi connectivity index (χ0v) is 16.1. The molecule has 5 heteroatoms. The summed E-state index contributed by atoms with van der Waals surface area (Å²) in [6.07, 6.45) is 1.64. The lowest BCUT2D eigenvalue weighted by molar-refractivity contribution is -0.117. The monoisotopic (exact) mass is 386 g/mol. The third-order valence-corrected chi connectivity index (χ3v) is 4.25. The number of ether oxygens (including phenoxy) is 1. The molecular formula is C24H22N2O3. The summed E-state index contributed by atoms with van der Waals surface area (Å²) in [5.41, 5.74) is 2.38. The molecule has 3 aromatic rings. The highest BCUT2D eigenvalue weighted by atomic mass is 16.5. The second-order valence-corrected chi connectivity index (χ2v) is 6.32. The van der Waals surface area contributed by atoms with Crippen LogP contribution in [0.2, 0.25) is 0 Å². The van der Waals surface area contributed by atoms with Crippen molar-refractivity contribution in [3.05, 3.63) is 107 Å². The van der Waals surface area contributed by atoms with Crippen molar-refractivity contribution in [3.8, 4) is 5.75 Å². The molecule has 0 unspecified atom stereocenters. The van der Waals surface area contributed by atoms with Crippen molar-refractivity contribution in [2.45, 2.75) is 6.54 Å². The molecule has 0 heterocycles. The number of benzene rings is 3. The van der Waals surface area contributed by atoms with Gasteiger partial charge in [0, 0.05) is 12.1 Å². The summed E-state index contributed by atoms with van der Waals surface area (Å²) in [4.78, 5) is 25.4. The molecule has 0 radical (unpaired) electrons. The molecule has 0 bridgehead atoms. The van der Waals surface area contributed by atoms with Crippen LogP contribution in [-0.4, -0.2) is 18.9 Å². The van der Waals surface area contributed by atoms with E-state index in [9.17, 15) is 9.59 Å². The van der Waals surface area contributed by atoms with E-state index >= 15 is 0 Å². The molecule has 29 heavy (non-hydrogen) atoms. The summed E-state index contributed by atoms with van der Waals surface area (Å²) in [5.74, 6) is -0.000254. The summed E-state index contributed by atoms with van der Waals surface area (Å²) in [6, 6.07) is 25.6. The molecule has 0 saturated heterocycles. The van der Waals surface area contributed by atoms with E-state index in [4.69, 9.17) is 4.74 Å². The number of methoxy groups -OCH3 is 1. The molecule has 2 amide bonds. The van der Waals surface area contributed by atoms with E-state index in [1.54, 1.807) is 49.6 Å². The van der Waals surface area contributed by atoms with E-state index in [0.717, 1.165) is 11.1 Å². The third-order valence-electron chi connectivity index (χ3n) is 4.25. The molecule has 0 aliphatic rings. The average molecular weight is 386 g/mol. The summed E-state index contributed by atoms with van der Waals surface area (Å²) in [5, 5.41) is 5.58. The Bertz CT molecular complexity index is 982. The van der Waals surface area contributed by atoms with Gasteiger partial charge in [0.2, 0.25) is 0 Å². The molecule has 3 rings (SSSR count). The maximum absolute atomic E-state index is 12.8. The molecule has 0 atom stereocenters. The fourth-order valence-corrected chi connectivity index (χ4v) is 2.68. The van der Waals surface area contributed by atoms with Crippen molar-refractivity contribution in [1.29, 1.82) is 0 Å². The van der Waals surface area contributed by atoms with Crippen LogP contribution in [0.5, 0.6) is 5.75 Å². The molecule has 0 aliphatic carbocycles. The quantitative estimate of drug-likeness (QED) is 0.607. The lowest BCUT2D eigenvalue weighted by Crippen LogP contribution is -2.34. The number of nitrogens with one attached hydrogen (secondary N) is 2. The fraction of sp³-hybridized carbons (Fsp3) is 0.0833. The first kappa shape index (κ1) is 19.9. The van der Waals surface area contributed by atoms with Gasteiger partial charge in [0.15, 0.2) is 0 Å². The predicted molar refractivity (Wildman–Crippen MR) is 113 cm³/mol. The van der Waals surface area contributed by atoms with Gasteiger partial charge in [-0.1, -0.05) is 60.7 Å². The second kappa shape index (κ2) is 9.90. The van der Waals surface area contributed by atoms with Gasteiger partial charge in [-0.25, -0.2) is 0 Å². The number of hydrogen-bond donors (Lipinski definition) is 2. The molecule has 0 saturated carbocycles. The van der Waals surface area contributed by atoms with Gasteiger partial charge in [0.25, 0.3) is 11.8 Å². The summed E-state index contributed by atoms with van der Waals surface area (Å²) >= 11 is 0. The summed E-state index contributed by atoms with van der Waals surface area (Å²) < 4.78 is 5.16. The number of amides is 2. The van der Waals surface area contributed by atoms with Crippen LogP contribution < -0.4 is 15.4 Å². The van der Waals surface area contributed by atoms with Gasteiger partial charge in [-0.2, -0.15) is 0 Å². The van der Waals surface area contributed by atoms with Crippen LogP contribution in [0.1, 0.15) is 21.5 Å². The van der Waals surface area contributed by atoms with Gasteiger partial charge >= 0.3 is 0 Å². The topological polar surface area (TPSA) is 67.4 Å². The third kappa shape index (κ3) is 5.81. The smallest absolute Gasteiger partial charge is 0.268 e. The standard InChI is InChI=1S/C24H22N2O3/c1-29-21-14-12-18(13-15-21)16-22(26-23(27)20-10-6-3-7-11-20)24(28)25-17-19-8-4-2-5-9-19/h2-16H,17H2,1H3,(H,25,28)(H,26,27)/b22-16-. The van der Waals surface area contributed by atoms with Crippen LogP contribution in [0.3, 0.4) is 0 Å². The van der Waals surface area contributed by atoms with Crippen molar-refractivity contribution in [1.82, 2.24) is 10.6 Å². The Hall–Kier alpha value is -3.86. The number of rotatable bonds is 7. The van der Waals surface area contributed by atoms with Gasteiger partial charge in [0.05, 0.1) is 7.11 Å². The van der Waals surface area contributed by atoms with Gasteiger partial charge in [0.1, 0.15) is 11.4 Å². The van der Waals surface area contributed by atoms with Gasteiger partial charge in [-0.3, -0.25) is 9.59 Å². The highest BCUT2D eigenvalue weighted by Gasteiger charge is 2.14. The maximum atomic E-state index is 12.8. The van der Waals surface area contributed by atoms with Gasteiger partial charge in [-0.05, 0) is 41.5 Å². The second-order valence-electron chi connectivity index (χ2n) is 6.32. The first-order chi connectivity index (χ1) is 14.2. The minimum absolute atomic E-state index is 0.167. The Balaban J connectivity index is 1.80. The molecule has 5 nitrogen and oxygen atoms in total. The Morgan fingerprint density at radius 1 is 0.862 bits per heavy atom. The lowest BCUT2D eigenvalue weighted by atomic mass is 10.1. The summed E-state index contributed by atoms with van der Waals surface area (Å²) in [6.45, 7) is 0.362.